The van der Waals surface area contributed by atoms with E-state index in [-0.39, 0.29) is 18.5 Å². The number of rotatable bonds is 10. The Balaban J connectivity index is 1.57. The number of methoxy groups -OCH3 is 1. The van der Waals surface area contributed by atoms with E-state index in [1.807, 2.05) is 60.0 Å². The summed E-state index contributed by atoms with van der Waals surface area (Å²) < 4.78 is 12.9. The van der Waals surface area contributed by atoms with Crippen LogP contribution in [0, 0.1) is 0 Å². The molecule has 33 heavy (non-hydrogen) atoms. The molecule has 3 amide bonds. The second kappa shape index (κ2) is 10.4. The van der Waals surface area contributed by atoms with Crippen LogP contribution in [0.4, 0.5) is 4.79 Å². The average Bonchev–Trinajstić information content (AvgIpc) is 3.40. The molecule has 1 aliphatic heterocycles. The van der Waals surface area contributed by atoms with Crippen LogP contribution in [-0.2, 0) is 4.79 Å². The molecule has 2 heterocycles. The molecule has 172 valence electrons. The highest BCUT2D eigenvalue weighted by Crippen LogP contribution is 2.30. The van der Waals surface area contributed by atoms with Gasteiger partial charge in [0.25, 0.3) is 0 Å². The Hall–Kier alpha value is -3.53. The Bertz CT molecular complexity index is 1120. The van der Waals surface area contributed by atoms with E-state index in [9.17, 15) is 9.59 Å². The number of hydrogen-bond acceptors (Lipinski definition) is 7. The molecule has 1 aromatic heterocycles. The predicted molar refractivity (Wildman–Crippen MR) is 125 cm³/mol. The van der Waals surface area contributed by atoms with Crippen molar-refractivity contribution >= 4 is 23.7 Å². The van der Waals surface area contributed by atoms with E-state index in [0.29, 0.717) is 36.3 Å². The van der Waals surface area contributed by atoms with E-state index >= 15 is 0 Å². The number of amides is 3. The van der Waals surface area contributed by atoms with Crippen molar-refractivity contribution in [2.45, 2.75) is 18.5 Å². The fourth-order valence-corrected chi connectivity index (χ4v) is 4.35. The van der Waals surface area contributed by atoms with Gasteiger partial charge in [0.1, 0.15) is 11.5 Å². The van der Waals surface area contributed by atoms with Crippen molar-refractivity contribution in [3.05, 3.63) is 48.5 Å². The number of thioether (sulfide) groups is 1. The maximum atomic E-state index is 11.8. The zero-order valence-electron chi connectivity index (χ0n) is 18.5. The summed E-state index contributed by atoms with van der Waals surface area (Å²) in [4.78, 5) is 24.7. The Morgan fingerprint density at radius 2 is 1.91 bits per heavy atom. The van der Waals surface area contributed by atoms with E-state index in [1.165, 1.54) is 16.7 Å². The topological polar surface area (TPSA) is 98.6 Å². The second-order valence-electron chi connectivity index (χ2n) is 7.21. The van der Waals surface area contributed by atoms with Gasteiger partial charge in [-0.1, -0.05) is 23.9 Å². The number of benzene rings is 2. The van der Waals surface area contributed by atoms with Crippen molar-refractivity contribution < 1.29 is 19.1 Å². The number of carbonyl (C=O) groups is 2. The number of ether oxygens (including phenoxy) is 2. The predicted octanol–water partition coefficient (Wildman–Crippen LogP) is 3.38. The molecular weight excluding hydrogens is 442 g/mol. The van der Waals surface area contributed by atoms with Gasteiger partial charge in [-0.15, -0.1) is 10.2 Å². The van der Waals surface area contributed by atoms with Crippen LogP contribution in [0.5, 0.6) is 11.5 Å². The molecule has 4 rings (SSSR count). The standard InChI is InChI=1S/C23H25N5O4S/c1-3-32-18-10-8-17(9-11-18)28-21(16-6-4-7-19(14-16)31-2)25-26-23(28)33-13-5-12-27-20(29)15-24-22(27)30/h4,6-11,14H,3,5,12-13,15H2,1-2H3,(H,24,30). The molecule has 0 atom stereocenters. The van der Waals surface area contributed by atoms with Crippen molar-refractivity contribution in [2.24, 2.45) is 0 Å². The van der Waals surface area contributed by atoms with Crippen molar-refractivity contribution in [2.75, 3.05) is 32.6 Å². The summed E-state index contributed by atoms with van der Waals surface area (Å²) in [5.74, 6) is 2.69. The average molecular weight is 468 g/mol. The van der Waals surface area contributed by atoms with Gasteiger partial charge in [0.15, 0.2) is 11.0 Å². The molecule has 10 heteroatoms. The fourth-order valence-electron chi connectivity index (χ4n) is 3.47. The molecule has 1 N–H and O–H groups in total. The van der Waals surface area contributed by atoms with E-state index in [4.69, 9.17) is 9.47 Å². The van der Waals surface area contributed by atoms with Crippen molar-refractivity contribution in [1.82, 2.24) is 25.0 Å². The molecule has 0 radical (unpaired) electrons. The van der Waals surface area contributed by atoms with Gasteiger partial charge in [-0.25, -0.2) is 4.79 Å². The first-order chi connectivity index (χ1) is 16.1. The maximum absolute atomic E-state index is 11.8. The fraction of sp³-hybridized carbons (Fsp3) is 0.304. The van der Waals surface area contributed by atoms with Crippen LogP contribution in [0.2, 0.25) is 0 Å². The number of nitrogens with zero attached hydrogens (tertiary/aromatic N) is 4. The van der Waals surface area contributed by atoms with Gasteiger partial charge in [-0.3, -0.25) is 14.3 Å². The van der Waals surface area contributed by atoms with Gasteiger partial charge in [-0.2, -0.15) is 0 Å². The molecular formula is C23H25N5O4S. The van der Waals surface area contributed by atoms with E-state index in [2.05, 4.69) is 15.5 Å². The highest BCUT2D eigenvalue weighted by atomic mass is 32.2. The summed E-state index contributed by atoms with van der Waals surface area (Å²) in [6.07, 6.45) is 0.647. The minimum absolute atomic E-state index is 0.0714. The van der Waals surface area contributed by atoms with Crippen LogP contribution >= 0.6 is 11.8 Å². The van der Waals surface area contributed by atoms with Crippen LogP contribution in [-0.4, -0.2) is 64.2 Å². The molecule has 0 bridgehead atoms. The highest BCUT2D eigenvalue weighted by molar-refractivity contribution is 7.99. The summed E-state index contributed by atoms with van der Waals surface area (Å²) in [6.45, 7) is 2.99. The first kappa shape index (κ1) is 22.7. The van der Waals surface area contributed by atoms with Gasteiger partial charge in [0.05, 0.1) is 20.3 Å². The van der Waals surface area contributed by atoms with Crippen molar-refractivity contribution in [3.8, 4) is 28.6 Å². The number of urea groups is 1. The number of nitrogens with one attached hydrogen (secondary N) is 1. The molecule has 0 aliphatic carbocycles. The third-order valence-electron chi connectivity index (χ3n) is 5.06. The Morgan fingerprint density at radius 1 is 1.09 bits per heavy atom. The molecule has 1 fully saturated rings. The number of imide groups is 1. The normalized spacial score (nSPS) is 13.3. The Kier molecular flexibility index (Phi) is 7.13. The summed E-state index contributed by atoms with van der Waals surface area (Å²) >= 11 is 1.52. The largest absolute Gasteiger partial charge is 0.497 e. The maximum Gasteiger partial charge on any atom is 0.324 e. The molecule has 3 aromatic rings. The zero-order chi connectivity index (χ0) is 23.2. The van der Waals surface area contributed by atoms with Crippen LogP contribution < -0.4 is 14.8 Å². The lowest BCUT2D eigenvalue weighted by molar-refractivity contribution is -0.124. The quantitative estimate of drug-likeness (QED) is 0.277. The Labute approximate surface area is 196 Å². The van der Waals surface area contributed by atoms with Gasteiger partial charge >= 0.3 is 6.03 Å². The van der Waals surface area contributed by atoms with Gasteiger partial charge in [0.2, 0.25) is 5.91 Å². The van der Waals surface area contributed by atoms with E-state index < -0.39 is 0 Å². The van der Waals surface area contributed by atoms with Crippen molar-refractivity contribution in [1.29, 1.82) is 0 Å². The summed E-state index contributed by atoms with van der Waals surface area (Å²) in [5, 5.41) is 12.1. The lowest BCUT2D eigenvalue weighted by atomic mass is 10.2. The third kappa shape index (κ3) is 5.11. The second-order valence-corrected chi connectivity index (χ2v) is 8.27. The van der Waals surface area contributed by atoms with Gasteiger partial charge in [-0.05, 0) is 49.7 Å². The molecule has 0 unspecified atom stereocenters. The monoisotopic (exact) mass is 467 g/mol. The zero-order valence-corrected chi connectivity index (χ0v) is 19.3. The molecule has 1 aliphatic rings. The minimum Gasteiger partial charge on any atom is -0.497 e. The SMILES string of the molecule is CCOc1ccc(-n2c(SCCCN3C(=O)CNC3=O)nnc2-c2cccc(OC)c2)cc1. The molecule has 0 saturated carbocycles. The van der Waals surface area contributed by atoms with Crippen molar-refractivity contribution in [3.63, 3.8) is 0 Å². The third-order valence-corrected chi connectivity index (χ3v) is 6.08. The smallest absolute Gasteiger partial charge is 0.324 e. The van der Waals surface area contributed by atoms with Crippen LogP contribution in [0.25, 0.3) is 17.1 Å². The number of hydrogen-bond donors (Lipinski definition) is 1. The number of aromatic nitrogens is 3. The van der Waals surface area contributed by atoms with Crippen LogP contribution in [0.1, 0.15) is 13.3 Å². The lowest BCUT2D eigenvalue weighted by Gasteiger charge is -2.13. The highest BCUT2D eigenvalue weighted by Gasteiger charge is 2.27. The molecule has 2 aromatic carbocycles. The minimum atomic E-state index is -0.331. The Morgan fingerprint density at radius 3 is 2.61 bits per heavy atom. The molecule has 0 spiro atoms. The van der Waals surface area contributed by atoms with Gasteiger partial charge in [0, 0.05) is 23.5 Å². The van der Waals surface area contributed by atoms with Crippen LogP contribution in [0.3, 0.4) is 0 Å². The van der Waals surface area contributed by atoms with E-state index in [1.54, 1.807) is 7.11 Å². The summed E-state index contributed by atoms with van der Waals surface area (Å²) in [6, 6.07) is 15.1. The van der Waals surface area contributed by atoms with E-state index in [0.717, 1.165) is 22.7 Å². The molecule has 9 nitrogen and oxygen atoms in total. The molecule has 1 saturated heterocycles. The first-order valence-corrected chi connectivity index (χ1v) is 11.6. The number of carbonyl (C=O) groups excluding carboxylic acids is 2. The summed E-state index contributed by atoms with van der Waals surface area (Å²) in [7, 11) is 1.63. The lowest BCUT2D eigenvalue weighted by Crippen LogP contribution is -2.32. The summed E-state index contributed by atoms with van der Waals surface area (Å²) in [5.41, 5.74) is 1.78. The van der Waals surface area contributed by atoms with Crippen LogP contribution in [0.15, 0.2) is 53.7 Å². The first-order valence-electron chi connectivity index (χ1n) is 10.6. The van der Waals surface area contributed by atoms with Gasteiger partial charge < -0.3 is 14.8 Å².